The van der Waals surface area contributed by atoms with Crippen molar-refractivity contribution in [2.45, 2.75) is 43.9 Å². The molecular weight excluding hydrogens is 438 g/mol. The lowest BCUT2D eigenvalue weighted by atomic mass is 9.90. The Balaban J connectivity index is 1.51. The number of alkyl halides is 3. The predicted molar refractivity (Wildman–Crippen MR) is 117 cm³/mol. The average molecular weight is 461 g/mol. The van der Waals surface area contributed by atoms with Crippen LogP contribution >= 0.6 is 0 Å². The van der Waals surface area contributed by atoms with Crippen molar-refractivity contribution >= 4 is 22.5 Å². The number of rotatable bonds is 5. The number of aromatic nitrogens is 1. The van der Waals surface area contributed by atoms with Crippen LogP contribution in [-0.2, 0) is 6.18 Å². The SMILES string of the molecule is COc1ccc(C(=O)NC2CCC[C@@H](Nc3cc(C(F)(F)F)nc4ccc(F)cc34)C2)cc1. The van der Waals surface area contributed by atoms with Crippen molar-refractivity contribution < 1.29 is 27.1 Å². The Kier molecular flexibility index (Phi) is 6.40. The molecule has 0 bridgehead atoms. The third-order valence-corrected chi connectivity index (χ3v) is 5.78. The van der Waals surface area contributed by atoms with Gasteiger partial charge in [-0.25, -0.2) is 9.37 Å². The fraction of sp³-hybridized carbons (Fsp3) is 0.333. The molecule has 4 rings (SSSR count). The number of carbonyl (C=O) groups excluding carboxylic acids is 1. The van der Waals surface area contributed by atoms with Crippen molar-refractivity contribution in [3.63, 3.8) is 0 Å². The van der Waals surface area contributed by atoms with E-state index in [1.807, 2.05) is 0 Å². The van der Waals surface area contributed by atoms with Crippen LogP contribution in [0.1, 0.15) is 41.7 Å². The monoisotopic (exact) mass is 461 g/mol. The van der Waals surface area contributed by atoms with Crippen LogP contribution in [0.25, 0.3) is 10.9 Å². The number of hydrogen-bond acceptors (Lipinski definition) is 4. The number of ether oxygens (including phenoxy) is 1. The minimum atomic E-state index is -4.62. The molecule has 0 spiro atoms. The summed E-state index contributed by atoms with van der Waals surface area (Å²) in [5.41, 5.74) is -0.298. The normalized spacial score (nSPS) is 18.7. The maximum Gasteiger partial charge on any atom is 0.433 e. The Morgan fingerprint density at radius 1 is 1.06 bits per heavy atom. The van der Waals surface area contributed by atoms with Crippen LogP contribution in [0, 0.1) is 5.82 Å². The van der Waals surface area contributed by atoms with Crippen LogP contribution in [0.5, 0.6) is 5.75 Å². The predicted octanol–water partition coefficient (Wildman–Crippen LogP) is 5.55. The molecular formula is C24H23F4N3O2. The number of anilines is 1. The van der Waals surface area contributed by atoms with Crippen LogP contribution in [0.3, 0.4) is 0 Å². The van der Waals surface area contributed by atoms with Crippen LogP contribution in [0.15, 0.2) is 48.5 Å². The van der Waals surface area contributed by atoms with E-state index in [1.54, 1.807) is 31.4 Å². The van der Waals surface area contributed by atoms with Crippen LogP contribution < -0.4 is 15.4 Å². The summed E-state index contributed by atoms with van der Waals surface area (Å²) in [6.07, 6.45) is -1.83. The Morgan fingerprint density at radius 3 is 2.48 bits per heavy atom. The minimum absolute atomic E-state index is 0.0638. The minimum Gasteiger partial charge on any atom is -0.497 e. The molecule has 2 N–H and O–H groups in total. The molecule has 0 radical (unpaired) electrons. The summed E-state index contributed by atoms with van der Waals surface area (Å²) in [4.78, 5) is 16.2. The van der Waals surface area contributed by atoms with Crippen molar-refractivity contribution in [2.24, 2.45) is 0 Å². The van der Waals surface area contributed by atoms with Crippen molar-refractivity contribution in [1.29, 1.82) is 0 Å². The summed E-state index contributed by atoms with van der Waals surface area (Å²) in [6, 6.07) is 10.8. The fourth-order valence-corrected chi connectivity index (χ4v) is 4.15. The molecule has 9 heteroatoms. The maximum atomic E-state index is 13.8. The summed E-state index contributed by atoms with van der Waals surface area (Å²) in [5, 5.41) is 6.43. The Bertz CT molecular complexity index is 1150. The number of pyridine rings is 1. The Hall–Kier alpha value is -3.36. The highest BCUT2D eigenvalue weighted by Gasteiger charge is 2.34. The largest absolute Gasteiger partial charge is 0.497 e. The lowest BCUT2D eigenvalue weighted by molar-refractivity contribution is -0.140. The molecule has 1 saturated carbocycles. The van der Waals surface area contributed by atoms with Gasteiger partial charge in [0.25, 0.3) is 5.91 Å². The number of halogens is 4. The van der Waals surface area contributed by atoms with E-state index < -0.39 is 17.7 Å². The molecule has 33 heavy (non-hydrogen) atoms. The van der Waals surface area contributed by atoms with Gasteiger partial charge >= 0.3 is 6.18 Å². The van der Waals surface area contributed by atoms with Gasteiger partial charge < -0.3 is 15.4 Å². The quantitative estimate of drug-likeness (QED) is 0.489. The molecule has 1 amide bonds. The van der Waals surface area contributed by atoms with Crippen molar-refractivity contribution in [2.75, 3.05) is 12.4 Å². The van der Waals surface area contributed by atoms with E-state index in [-0.39, 0.29) is 34.6 Å². The second-order valence-electron chi connectivity index (χ2n) is 8.12. The van der Waals surface area contributed by atoms with Gasteiger partial charge in [-0.15, -0.1) is 0 Å². The highest BCUT2D eigenvalue weighted by atomic mass is 19.4. The van der Waals surface area contributed by atoms with E-state index in [2.05, 4.69) is 15.6 Å². The zero-order valence-corrected chi connectivity index (χ0v) is 17.9. The first-order chi connectivity index (χ1) is 15.7. The number of methoxy groups -OCH3 is 1. The van der Waals surface area contributed by atoms with E-state index in [0.29, 0.717) is 17.7 Å². The van der Waals surface area contributed by atoms with Gasteiger partial charge in [-0.2, -0.15) is 13.2 Å². The number of hydrogen-bond donors (Lipinski definition) is 2. The van der Waals surface area contributed by atoms with Gasteiger partial charge in [-0.05, 0) is 74.2 Å². The van der Waals surface area contributed by atoms with E-state index in [4.69, 9.17) is 4.74 Å². The summed E-state index contributed by atoms with van der Waals surface area (Å²) >= 11 is 0. The molecule has 174 valence electrons. The van der Waals surface area contributed by atoms with Gasteiger partial charge in [0.05, 0.1) is 12.6 Å². The Labute approximate surface area is 188 Å². The molecule has 0 saturated heterocycles. The van der Waals surface area contributed by atoms with Crippen LogP contribution in [-0.4, -0.2) is 30.1 Å². The molecule has 0 aliphatic heterocycles. The summed E-state index contributed by atoms with van der Waals surface area (Å²) in [5.74, 6) is -0.132. The van der Waals surface area contributed by atoms with Gasteiger partial charge in [-0.1, -0.05) is 0 Å². The molecule has 1 heterocycles. The molecule has 3 aromatic rings. The summed E-state index contributed by atoms with van der Waals surface area (Å²) < 4.78 is 59.0. The molecule has 2 aromatic carbocycles. The highest BCUT2D eigenvalue weighted by Crippen LogP contribution is 2.34. The van der Waals surface area contributed by atoms with E-state index >= 15 is 0 Å². The third-order valence-electron chi connectivity index (χ3n) is 5.78. The van der Waals surface area contributed by atoms with E-state index in [0.717, 1.165) is 31.4 Å². The van der Waals surface area contributed by atoms with Crippen LogP contribution in [0.2, 0.25) is 0 Å². The molecule has 1 fully saturated rings. The van der Waals surface area contributed by atoms with Crippen LogP contribution in [0.4, 0.5) is 23.2 Å². The van der Waals surface area contributed by atoms with Crippen molar-refractivity contribution in [3.05, 3.63) is 65.6 Å². The van der Waals surface area contributed by atoms with E-state index in [9.17, 15) is 22.4 Å². The van der Waals surface area contributed by atoms with Gasteiger partial charge in [0.2, 0.25) is 0 Å². The molecule has 1 aliphatic rings. The summed E-state index contributed by atoms with van der Waals surface area (Å²) in [7, 11) is 1.54. The molecule has 1 aliphatic carbocycles. The first-order valence-corrected chi connectivity index (χ1v) is 10.6. The van der Waals surface area contributed by atoms with Gasteiger partial charge in [0.1, 0.15) is 17.3 Å². The lowest BCUT2D eigenvalue weighted by Gasteiger charge is -2.31. The second kappa shape index (κ2) is 9.25. The summed E-state index contributed by atoms with van der Waals surface area (Å²) in [6.45, 7) is 0. The van der Waals surface area contributed by atoms with E-state index in [1.165, 1.54) is 12.1 Å². The maximum absolute atomic E-state index is 13.8. The van der Waals surface area contributed by atoms with Crippen molar-refractivity contribution in [1.82, 2.24) is 10.3 Å². The topological polar surface area (TPSA) is 63.2 Å². The second-order valence-corrected chi connectivity index (χ2v) is 8.12. The molecule has 2 atom stereocenters. The van der Waals surface area contributed by atoms with Gasteiger partial charge in [-0.3, -0.25) is 4.79 Å². The lowest BCUT2D eigenvalue weighted by Crippen LogP contribution is -2.41. The number of fused-ring (bicyclic) bond motifs is 1. The average Bonchev–Trinajstić information content (AvgIpc) is 2.79. The third kappa shape index (κ3) is 5.35. The fourth-order valence-electron chi connectivity index (χ4n) is 4.15. The number of nitrogens with zero attached hydrogens (tertiary/aromatic N) is 1. The first kappa shape index (κ1) is 22.8. The smallest absolute Gasteiger partial charge is 0.433 e. The zero-order valence-electron chi connectivity index (χ0n) is 17.9. The molecule has 5 nitrogen and oxygen atoms in total. The molecule has 1 aromatic heterocycles. The number of benzene rings is 2. The highest BCUT2D eigenvalue weighted by molar-refractivity contribution is 5.94. The molecule has 1 unspecified atom stereocenters. The van der Waals surface area contributed by atoms with Gasteiger partial charge in [0.15, 0.2) is 0 Å². The van der Waals surface area contributed by atoms with Crippen molar-refractivity contribution in [3.8, 4) is 5.75 Å². The number of amides is 1. The number of nitrogens with one attached hydrogen (secondary N) is 2. The standard InChI is InChI=1S/C24H23F4N3O2/c1-33-18-8-5-14(6-9-18)23(32)30-17-4-2-3-16(12-17)29-21-13-22(24(26,27)28)31-20-10-7-15(25)11-19(20)21/h5-11,13,16-17H,2-4,12H2,1H3,(H,29,31)(H,30,32)/t16-,17?/m1/s1. The number of carbonyl (C=O) groups is 1. The zero-order chi connectivity index (χ0) is 23.6. The first-order valence-electron chi connectivity index (χ1n) is 10.6. The Morgan fingerprint density at radius 2 is 1.79 bits per heavy atom. The van der Waals surface area contributed by atoms with Gasteiger partial charge in [0, 0.05) is 28.7 Å².